The summed E-state index contributed by atoms with van der Waals surface area (Å²) >= 11 is 0. The largest absolute Gasteiger partial charge is 0.458 e. The zero-order chi connectivity index (χ0) is 22.4. The summed E-state index contributed by atoms with van der Waals surface area (Å²) in [6.07, 6.45) is 9.86. The van der Waals surface area contributed by atoms with Gasteiger partial charge in [0.1, 0.15) is 12.4 Å². The highest BCUT2D eigenvalue weighted by molar-refractivity contribution is 5.92. The molecule has 0 unspecified atom stereocenters. The van der Waals surface area contributed by atoms with Crippen LogP contribution in [0, 0.1) is 22.7 Å². The lowest BCUT2D eigenvalue weighted by molar-refractivity contribution is -0.195. The van der Waals surface area contributed by atoms with Crippen molar-refractivity contribution in [3.05, 3.63) is 23.3 Å². The minimum absolute atomic E-state index is 0.0298. The number of esters is 1. The maximum absolute atomic E-state index is 13.4. The van der Waals surface area contributed by atoms with Gasteiger partial charge in [-0.05, 0) is 56.4 Å². The molecule has 170 valence electrons. The van der Waals surface area contributed by atoms with Crippen LogP contribution >= 0.6 is 0 Å². The van der Waals surface area contributed by atoms with Crippen LogP contribution < -0.4 is 0 Å². The molecular formula is C25H34O6. The van der Waals surface area contributed by atoms with Crippen molar-refractivity contribution in [3.8, 4) is 0 Å². The lowest BCUT2D eigenvalue weighted by atomic mass is 9.50. The van der Waals surface area contributed by atoms with E-state index in [4.69, 9.17) is 14.2 Å². The van der Waals surface area contributed by atoms with E-state index in [1.54, 1.807) is 7.11 Å². The number of hydrogen-bond acceptors (Lipinski definition) is 6. The number of methoxy groups -OCH3 is 1. The second-order valence-corrected chi connectivity index (χ2v) is 10.1. The van der Waals surface area contributed by atoms with Gasteiger partial charge >= 0.3 is 5.97 Å². The van der Waals surface area contributed by atoms with Gasteiger partial charge < -0.3 is 14.2 Å². The monoisotopic (exact) mass is 430 g/mol. The highest BCUT2D eigenvalue weighted by Gasteiger charge is 2.66. The lowest BCUT2D eigenvalue weighted by Gasteiger charge is -2.55. The van der Waals surface area contributed by atoms with Gasteiger partial charge in [-0.15, -0.1) is 0 Å². The average molecular weight is 431 g/mol. The molecule has 4 aliphatic carbocycles. The molecule has 0 radical (unpaired) electrons. The van der Waals surface area contributed by atoms with Gasteiger partial charge in [0.15, 0.2) is 12.4 Å². The molecule has 0 saturated heterocycles. The van der Waals surface area contributed by atoms with Crippen LogP contribution in [0.15, 0.2) is 23.3 Å². The number of carbonyl (C=O) groups excluding carboxylic acids is 3. The smallest absolute Gasteiger partial charge is 0.303 e. The van der Waals surface area contributed by atoms with Gasteiger partial charge in [0.2, 0.25) is 5.78 Å². The SMILES string of the molecule is COCO[C@]1(C(=O)COC(C)=O)CC[C@H]2[C@@H]3CCC4=CC(=O)CC[C@]4(C)C3=CC[C@@]21C. The van der Waals surface area contributed by atoms with Gasteiger partial charge in [-0.25, -0.2) is 0 Å². The van der Waals surface area contributed by atoms with Crippen LogP contribution in [0.2, 0.25) is 0 Å². The number of Topliss-reactive ketones (excluding diaryl/α,β-unsaturated/α-hetero) is 1. The standard InChI is InChI=1S/C25H34O6/c1-16(26)30-14-22(28)25(31-15-29-4)12-9-21-19-6-5-17-13-18(27)7-10-23(17,2)20(19)8-11-24(21,25)3/h8,13,19,21H,5-7,9-12,14-15H2,1-4H3/t19-,21+,23+,24+,25+/m1/s1. The lowest BCUT2D eigenvalue weighted by Crippen LogP contribution is -2.57. The number of fused-ring (bicyclic) bond motifs is 5. The molecular weight excluding hydrogens is 396 g/mol. The van der Waals surface area contributed by atoms with E-state index in [1.165, 1.54) is 18.1 Å². The van der Waals surface area contributed by atoms with Gasteiger partial charge in [-0.3, -0.25) is 14.4 Å². The van der Waals surface area contributed by atoms with Crippen LogP contribution in [-0.4, -0.2) is 43.6 Å². The Morgan fingerprint density at radius 2 is 1.94 bits per heavy atom. The summed E-state index contributed by atoms with van der Waals surface area (Å²) in [5.41, 5.74) is 1.28. The first-order valence-corrected chi connectivity index (χ1v) is 11.4. The summed E-state index contributed by atoms with van der Waals surface area (Å²) in [4.78, 5) is 36.8. The maximum atomic E-state index is 13.4. The van der Waals surface area contributed by atoms with Crippen LogP contribution in [0.3, 0.4) is 0 Å². The Balaban J connectivity index is 1.70. The molecule has 0 heterocycles. The first-order chi connectivity index (χ1) is 14.7. The van der Waals surface area contributed by atoms with Gasteiger partial charge in [-0.2, -0.15) is 0 Å². The van der Waals surface area contributed by atoms with Crippen molar-refractivity contribution in [2.45, 2.75) is 71.3 Å². The molecule has 4 rings (SSSR count). The molecule has 6 nitrogen and oxygen atoms in total. The molecule has 0 aromatic rings. The van der Waals surface area contributed by atoms with Crippen molar-refractivity contribution >= 4 is 17.5 Å². The first kappa shape index (κ1) is 22.4. The average Bonchev–Trinajstić information content (AvgIpc) is 3.04. The second kappa shape index (κ2) is 7.96. The molecule has 0 bridgehead atoms. The molecule has 0 aliphatic heterocycles. The number of allylic oxidation sites excluding steroid dienone is 4. The third-order valence-electron chi connectivity index (χ3n) is 8.74. The Hall–Kier alpha value is -1.79. The van der Waals surface area contributed by atoms with Gasteiger partial charge in [0.25, 0.3) is 0 Å². The Labute approximate surface area is 184 Å². The summed E-state index contributed by atoms with van der Waals surface area (Å²) < 4.78 is 16.5. The summed E-state index contributed by atoms with van der Waals surface area (Å²) in [5, 5.41) is 0. The van der Waals surface area contributed by atoms with Crippen LogP contribution in [0.1, 0.15) is 65.7 Å². The van der Waals surface area contributed by atoms with E-state index in [0.29, 0.717) is 24.7 Å². The predicted octanol–water partition coefficient (Wildman–Crippen LogP) is 3.93. The number of rotatable bonds is 6. The predicted molar refractivity (Wildman–Crippen MR) is 114 cm³/mol. The fourth-order valence-electron chi connectivity index (χ4n) is 7.07. The van der Waals surface area contributed by atoms with Crippen molar-refractivity contribution in [1.82, 2.24) is 0 Å². The Morgan fingerprint density at radius 1 is 1.16 bits per heavy atom. The third kappa shape index (κ3) is 3.34. The second-order valence-electron chi connectivity index (χ2n) is 10.1. The third-order valence-corrected chi connectivity index (χ3v) is 8.74. The first-order valence-electron chi connectivity index (χ1n) is 11.4. The molecule has 4 aliphatic rings. The molecule has 0 aromatic carbocycles. The molecule has 0 N–H and O–H groups in total. The van der Waals surface area contributed by atoms with Gasteiger partial charge in [0, 0.05) is 31.3 Å². The van der Waals surface area contributed by atoms with Crippen LogP contribution in [0.4, 0.5) is 0 Å². The molecule has 0 spiro atoms. The molecule has 2 saturated carbocycles. The van der Waals surface area contributed by atoms with Crippen LogP contribution in [-0.2, 0) is 28.6 Å². The van der Waals surface area contributed by atoms with Gasteiger partial charge in [0.05, 0.1) is 0 Å². The molecule has 5 atom stereocenters. The van der Waals surface area contributed by atoms with Crippen molar-refractivity contribution in [3.63, 3.8) is 0 Å². The molecule has 6 heteroatoms. The summed E-state index contributed by atoms with van der Waals surface area (Å²) in [7, 11) is 1.55. The summed E-state index contributed by atoms with van der Waals surface area (Å²) in [5.74, 6) is 0.293. The number of ketones is 2. The van der Waals surface area contributed by atoms with E-state index in [9.17, 15) is 14.4 Å². The molecule has 31 heavy (non-hydrogen) atoms. The quantitative estimate of drug-likeness (QED) is 0.361. The fourth-order valence-corrected chi connectivity index (χ4v) is 7.07. The molecule has 0 aromatic heterocycles. The number of ether oxygens (including phenoxy) is 3. The van der Waals surface area contributed by atoms with Crippen molar-refractivity contribution in [1.29, 1.82) is 0 Å². The number of carbonyl (C=O) groups is 3. The zero-order valence-electron chi connectivity index (χ0n) is 19.1. The van der Waals surface area contributed by atoms with Crippen molar-refractivity contribution in [2.75, 3.05) is 20.5 Å². The normalized spacial score (nSPS) is 39.0. The fraction of sp³-hybridized carbons (Fsp3) is 0.720. The number of hydrogen-bond donors (Lipinski definition) is 0. The van der Waals surface area contributed by atoms with E-state index in [2.05, 4.69) is 19.9 Å². The van der Waals surface area contributed by atoms with Crippen LogP contribution in [0.5, 0.6) is 0 Å². The minimum atomic E-state index is -1.02. The topological polar surface area (TPSA) is 78.9 Å². The van der Waals surface area contributed by atoms with Crippen molar-refractivity contribution < 1.29 is 28.6 Å². The Morgan fingerprint density at radius 3 is 2.65 bits per heavy atom. The van der Waals surface area contributed by atoms with E-state index in [1.807, 2.05) is 6.08 Å². The summed E-state index contributed by atoms with van der Waals surface area (Å²) in [6, 6.07) is 0. The highest BCUT2D eigenvalue weighted by Crippen LogP contribution is 2.66. The van der Waals surface area contributed by atoms with Gasteiger partial charge in [-0.1, -0.05) is 31.1 Å². The Bertz CT molecular complexity index is 856. The minimum Gasteiger partial charge on any atom is -0.458 e. The Kier molecular flexibility index (Phi) is 5.76. The highest BCUT2D eigenvalue weighted by atomic mass is 16.7. The van der Waals surface area contributed by atoms with E-state index in [-0.39, 0.29) is 35.8 Å². The maximum Gasteiger partial charge on any atom is 0.303 e. The molecule has 2 fully saturated rings. The zero-order valence-corrected chi connectivity index (χ0v) is 19.1. The van der Waals surface area contributed by atoms with Crippen LogP contribution in [0.25, 0.3) is 0 Å². The van der Waals surface area contributed by atoms with Crippen molar-refractivity contribution in [2.24, 2.45) is 22.7 Å². The molecule has 0 amide bonds. The van der Waals surface area contributed by atoms with E-state index < -0.39 is 11.6 Å². The van der Waals surface area contributed by atoms with E-state index in [0.717, 1.165) is 32.1 Å². The van der Waals surface area contributed by atoms with E-state index >= 15 is 0 Å². The summed E-state index contributed by atoms with van der Waals surface area (Å²) in [6.45, 7) is 5.53.